The molecular weight excluding hydrogens is 262 g/mol. The fourth-order valence-corrected chi connectivity index (χ4v) is 2.57. The summed E-state index contributed by atoms with van der Waals surface area (Å²) < 4.78 is 26.3. The smallest absolute Gasteiger partial charge is 0.131 e. The zero-order valence-corrected chi connectivity index (χ0v) is 11.8. The van der Waals surface area contributed by atoms with E-state index in [1.807, 2.05) is 0 Å². The highest BCUT2D eigenvalue weighted by atomic mass is 19.1. The molecule has 1 heterocycles. The molecule has 0 aromatic heterocycles. The average Bonchev–Trinajstić information content (AvgIpc) is 2.41. The second kappa shape index (κ2) is 7.11. The maximum absolute atomic E-state index is 13.5. The van der Waals surface area contributed by atoms with Gasteiger partial charge in [-0.1, -0.05) is 6.07 Å². The summed E-state index contributed by atoms with van der Waals surface area (Å²) in [4.78, 5) is 2.30. The number of benzene rings is 1. The zero-order valence-electron chi connectivity index (χ0n) is 11.8. The van der Waals surface area contributed by atoms with Crippen LogP contribution in [0.15, 0.2) is 18.2 Å². The van der Waals surface area contributed by atoms with Crippen LogP contribution in [0.25, 0.3) is 0 Å². The molecule has 1 aliphatic rings. The summed E-state index contributed by atoms with van der Waals surface area (Å²) in [6, 6.07) is 3.26. The maximum Gasteiger partial charge on any atom is 0.131 e. The van der Waals surface area contributed by atoms with Crippen molar-refractivity contribution in [3.05, 3.63) is 35.4 Å². The first-order chi connectivity index (χ1) is 9.56. The Kier molecular flexibility index (Phi) is 5.46. The van der Waals surface area contributed by atoms with E-state index in [9.17, 15) is 13.9 Å². The number of aliphatic hydroxyl groups is 1. The van der Waals surface area contributed by atoms with Gasteiger partial charge in [-0.15, -0.1) is 0 Å². The van der Waals surface area contributed by atoms with E-state index < -0.39 is 17.7 Å². The number of hydrogen-bond acceptors (Lipinski definition) is 3. The minimum absolute atomic E-state index is 0.141. The van der Waals surface area contributed by atoms with Crippen molar-refractivity contribution in [2.75, 3.05) is 33.2 Å². The van der Waals surface area contributed by atoms with Crippen LogP contribution in [0.2, 0.25) is 0 Å². The van der Waals surface area contributed by atoms with E-state index in [0.29, 0.717) is 5.92 Å². The molecule has 1 atom stereocenters. The molecule has 2 N–H and O–H groups in total. The summed E-state index contributed by atoms with van der Waals surface area (Å²) in [5, 5.41) is 13.1. The molecule has 0 bridgehead atoms. The lowest BCUT2D eigenvalue weighted by Gasteiger charge is -2.29. The Labute approximate surface area is 118 Å². The van der Waals surface area contributed by atoms with Gasteiger partial charge in [0, 0.05) is 18.2 Å². The fourth-order valence-electron chi connectivity index (χ4n) is 2.57. The molecule has 20 heavy (non-hydrogen) atoms. The van der Waals surface area contributed by atoms with E-state index in [4.69, 9.17) is 0 Å². The van der Waals surface area contributed by atoms with Crippen LogP contribution < -0.4 is 5.32 Å². The Bertz CT molecular complexity index is 434. The van der Waals surface area contributed by atoms with Crippen LogP contribution in [0, 0.1) is 17.6 Å². The predicted octanol–water partition coefficient (Wildman–Crippen LogP) is 1.93. The molecule has 112 valence electrons. The number of aliphatic hydroxyl groups excluding tert-OH is 1. The minimum Gasteiger partial charge on any atom is -0.387 e. The lowest BCUT2D eigenvalue weighted by Crippen LogP contribution is -2.36. The van der Waals surface area contributed by atoms with Gasteiger partial charge < -0.3 is 15.3 Å². The molecule has 0 aliphatic carbocycles. The summed E-state index contributed by atoms with van der Waals surface area (Å²) >= 11 is 0. The van der Waals surface area contributed by atoms with Crippen molar-refractivity contribution in [1.82, 2.24) is 10.2 Å². The normalized spacial score (nSPS) is 19.2. The van der Waals surface area contributed by atoms with E-state index in [1.165, 1.54) is 12.1 Å². The van der Waals surface area contributed by atoms with Crippen LogP contribution in [-0.4, -0.2) is 43.2 Å². The molecule has 5 heteroatoms. The molecule has 1 aromatic rings. The van der Waals surface area contributed by atoms with Crippen molar-refractivity contribution in [3.8, 4) is 0 Å². The highest BCUT2D eigenvalue weighted by Gasteiger charge is 2.17. The van der Waals surface area contributed by atoms with Gasteiger partial charge in [-0.3, -0.25) is 0 Å². The van der Waals surface area contributed by atoms with Crippen LogP contribution in [-0.2, 0) is 0 Å². The van der Waals surface area contributed by atoms with Crippen molar-refractivity contribution in [2.24, 2.45) is 5.92 Å². The van der Waals surface area contributed by atoms with Crippen LogP contribution in [0.1, 0.15) is 24.5 Å². The second-order valence-electron chi connectivity index (χ2n) is 5.59. The minimum atomic E-state index is -0.943. The van der Waals surface area contributed by atoms with Crippen LogP contribution in [0.3, 0.4) is 0 Å². The molecule has 1 aliphatic heterocycles. The molecule has 1 fully saturated rings. The fraction of sp³-hybridized carbons (Fsp3) is 0.600. The summed E-state index contributed by atoms with van der Waals surface area (Å²) in [5.41, 5.74) is 0.141. The third-order valence-corrected chi connectivity index (χ3v) is 3.93. The van der Waals surface area contributed by atoms with Gasteiger partial charge in [0.15, 0.2) is 0 Å². The quantitative estimate of drug-likeness (QED) is 0.867. The highest BCUT2D eigenvalue weighted by molar-refractivity contribution is 5.21. The first-order valence-electron chi connectivity index (χ1n) is 7.08. The van der Waals surface area contributed by atoms with Crippen molar-refractivity contribution >= 4 is 0 Å². The standard InChI is InChI=1S/C15H22F2N2O/c1-19-6-4-11(5-7-19)9-18-10-15(20)13-3-2-12(16)8-14(13)17/h2-3,8,11,15,18,20H,4-7,9-10H2,1H3. The SMILES string of the molecule is CN1CCC(CNCC(O)c2ccc(F)cc2F)CC1. The summed E-state index contributed by atoms with van der Waals surface area (Å²) in [6.45, 7) is 3.31. The predicted molar refractivity (Wildman–Crippen MR) is 74.4 cm³/mol. The Hall–Kier alpha value is -1.04. The Balaban J connectivity index is 1.76. The third kappa shape index (κ3) is 4.23. The van der Waals surface area contributed by atoms with E-state index in [2.05, 4.69) is 17.3 Å². The van der Waals surface area contributed by atoms with E-state index in [1.54, 1.807) is 0 Å². The number of likely N-dealkylation sites (tertiary alicyclic amines) is 1. The summed E-state index contributed by atoms with van der Waals surface area (Å²) in [7, 11) is 2.12. The van der Waals surface area contributed by atoms with Crippen molar-refractivity contribution in [3.63, 3.8) is 0 Å². The van der Waals surface area contributed by atoms with E-state index in [0.717, 1.165) is 38.5 Å². The molecule has 0 radical (unpaired) electrons. The second-order valence-corrected chi connectivity index (χ2v) is 5.59. The molecule has 0 saturated carbocycles. The topological polar surface area (TPSA) is 35.5 Å². The van der Waals surface area contributed by atoms with Crippen LogP contribution in [0.4, 0.5) is 8.78 Å². The van der Waals surface area contributed by atoms with Gasteiger partial charge in [-0.05, 0) is 51.5 Å². The van der Waals surface area contributed by atoms with Gasteiger partial charge in [0.1, 0.15) is 11.6 Å². The molecule has 1 saturated heterocycles. The number of piperidine rings is 1. The van der Waals surface area contributed by atoms with Crippen LogP contribution in [0.5, 0.6) is 0 Å². The van der Waals surface area contributed by atoms with E-state index in [-0.39, 0.29) is 12.1 Å². The first-order valence-corrected chi connectivity index (χ1v) is 7.08. The molecule has 0 spiro atoms. The van der Waals surface area contributed by atoms with Gasteiger partial charge in [-0.25, -0.2) is 8.78 Å². The Morgan fingerprint density at radius 2 is 2.05 bits per heavy atom. The number of hydrogen-bond donors (Lipinski definition) is 2. The van der Waals surface area contributed by atoms with Crippen molar-refractivity contribution in [1.29, 1.82) is 0 Å². The lowest BCUT2D eigenvalue weighted by molar-refractivity contribution is 0.161. The van der Waals surface area contributed by atoms with Crippen molar-refractivity contribution < 1.29 is 13.9 Å². The lowest BCUT2D eigenvalue weighted by atomic mass is 9.97. The highest BCUT2D eigenvalue weighted by Crippen LogP contribution is 2.18. The largest absolute Gasteiger partial charge is 0.387 e. The molecule has 3 nitrogen and oxygen atoms in total. The Morgan fingerprint density at radius 3 is 2.70 bits per heavy atom. The average molecular weight is 284 g/mol. The molecule has 1 unspecified atom stereocenters. The van der Waals surface area contributed by atoms with Gasteiger partial charge >= 0.3 is 0 Å². The summed E-state index contributed by atoms with van der Waals surface area (Å²) in [6.07, 6.45) is 1.34. The summed E-state index contributed by atoms with van der Waals surface area (Å²) in [5.74, 6) is -0.715. The van der Waals surface area contributed by atoms with Gasteiger partial charge in [0.25, 0.3) is 0 Å². The number of halogens is 2. The third-order valence-electron chi connectivity index (χ3n) is 3.93. The molecule has 1 aromatic carbocycles. The van der Waals surface area contributed by atoms with E-state index >= 15 is 0 Å². The first kappa shape index (κ1) is 15.4. The number of nitrogens with zero attached hydrogens (tertiary/aromatic N) is 1. The number of nitrogens with one attached hydrogen (secondary N) is 1. The molecule has 2 rings (SSSR count). The Morgan fingerprint density at radius 1 is 1.35 bits per heavy atom. The molecule has 0 amide bonds. The van der Waals surface area contributed by atoms with Gasteiger partial charge in [0.05, 0.1) is 6.10 Å². The number of rotatable bonds is 5. The molecular formula is C15H22F2N2O. The van der Waals surface area contributed by atoms with Gasteiger partial charge in [0.2, 0.25) is 0 Å². The zero-order chi connectivity index (χ0) is 14.5. The van der Waals surface area contributed by atoms with Gasteiger partial charge in [-0.2, -0.15) is 0 Å². The maximum atomic E-state index is 13.5. The van der Waals surface area contributed by atoms with Crippen LogP contribution >= 0.6 is 0 Å². The monoisotopic (exact) mass is 284 g/mol. The van der Waals surface area contributed by atoms with Crippen molar-refractivity contribution in [2.45, 2.75) is 18.9 Å².